The van der Waals surface area contributed by atoms with Crippen LogP contribution in [0.15, 0.2) is 16.1 Å². The highest BCUT2D eigenvalue weighted by Crippen LogP contribution is 2.29. The van der Waals surface area contributed by atoms with Gasteiger partial charge in [-0.1, -0.05) is 13.3 Å². The van der Waals surface area contributed by atoms with Gasteiger partial charge >= 0.3 is 0 Å². The van der Waals surface area contributed by atoms with Crippen molar-refractivity contribution in [1.82, 2.24) is 14.9 Å². The number of aliphatic hydroxyl groups excluding tert-OH is 1. The van der Waals surface area contributed by atoms with Gasteiger partial charge in [0.15, 0.2) is 0 Å². The molecule has 2 aliphatic rings. The number of aromatic amines is 1. The Balaban J connectivity index is 1.54. The van der Waals surface area contributed by atoms with E-state index in [0.717, 1.165) is 24.5 Å². The number of hydrogen-bond acceptors (Lipinski definition) is 6. The van der Waals surface area contributed by atoms with Gasteiger partial charge in [-0.2, -0.15) is 11.8 Å². The van der Waals surface area contributed by atoms with Crippen LogP contribution < -0.4 is 5.56 Å². The van der Waals surface area contributed by atoms with E-state index in [2.05, 4.69) is 26.8 Å². The number of rotatable bonds is 7. The largest absolute Gasteiger partial charge is 0.391 e. The second-order valence-corrected chi connectivity index (χ2v) is 7.47. The Morgan fingerprint density at radius 1 is 1.48 bits per heavy atom. The molecule has 0 bridgehead atoms. The van der Waals surface area contributed by atoms with Gasteiger partial charge < -0.3 is 10.1 Å². The van der Waals surface area contributed by atoms with Crippen LogP contribution in [0.25, 0.3) is 0 Å². The molecule has 0 aromatic carbocycles. The lowest BCUT2D eigenvalue weighted by molar-refractivity contribution is 0.150. The third-order valence-electron chi connectivity index (χ3n) is 4.50. The fourth-order valence-corrected chi connectivity index (χ4v) is 4.47. The first-order valence-electron chi connectivity index (χ1n) is 8.29. The number of β-amino-alcohol motifs (C(OH)–C–C–N with tert-alkyl or cyclic N) is 1. The van der Waals surface area contributed by atoms with E-state index in [9.17, 15) is 9.90 Å². The molecule has 126 valence electrons. The maximum absolute atomic E-state index is 11.7. The fourth-order valence-electron chi connectivity index (χ4n) is 3.18. The van der Waals surface area contributed by atoms with Crippen molar-refractivity contribution in [2.75, 3.05) is 31.1 Å². The van der Waals surface area contributed by atoms with Gasteiger partial charge in [0.1, 0.15) is 5.69 Å². The summed E-state index contributed by atoms with van der Waals surface area (Å²) in [5.41, 5.74) is 1.01. The van der Waals surface area contributed by atoms with Crippen molar-refractivity contribution in [1.29, 1.82) is 0 Å². The van der Waals surface area contributed by atoms with Crippen molar-refractivity contribution < 1.29 is 5.11 Å². The maximum atomic E-state index is 11.7. The second-order valence-electron chi connectivity index (χ2n) is 6.32. The molecule has 1 fully saturated rings. The normalized spacial score (nSPS) is 26.8. The van der Waals surface area contributed by atoms with E-state index in [0.29, 0.717) is 18.2 Å². The zero-order valence-electron chi connectivity index (χ0n) is 13.4. The molecule has 7 heteroatoms. The monoisotopic (exact) mass is 336 g/mol. The average molecular weight is 336 g/mol. The number of fused-ring (bicyclic) bond motifs is 1. The number of hydrogen-bond donors (Lipinski definition) is 2. The van der Waals surface area contributed by atoms with E-state index in [1.807, 2.05) is 18.0 Å². The number of aliphatic hydroxyl groups is 1. The van der Waals surface area contributed by atoms with Crippen LogP contribution >= 0.6 is 11.8 Å². The number of nitrogens with zero attached hydrogens (tertiary/aromatic N) is 3. The van der Waals surface area contributed by atoms with Crippen molar-refractivity contribution in [3.63, 3.8) is 0 Å². The molecular weight excluding hydrogens is 312 g/mol. The first kappa shape index (κ1) is 16.7. The van der Waals surface area contributed by atoms with Gasteiger partial charge in [0, 0.05) is 31.8 Å². The Hall–Kier alpha value is -1.18. The van der Waals surface area contributed by atoms with E-state index in [-0.39, 0.29) is 17.6 Å². The highest BCUT2D eigenvalue weighted by Gasteiger charge is 2.34. The molecular formula is C16H24N4O2S. The lowest BCUT2D eigenvalue weighted by atomic mass is 10.1. The fraction of sp³-hybridized carbons (Fsp3) is 0.688. The van der Waals surface area contributed by atoms with Gasteiger partial charge in [-0.05, 0) is 17.9 Å². The van der Waals surface area contributed by atoms with Crippen LogP contribution in [0, 0.1) is 5.92 Å². The van der Waals surface area contributed by atoms with Crippen molar-refractivity contribution in [3.05, 3.63) is 22.4 Å². The van der Waals surface area contributed by atoms with Gasteiger partial charge in [0.25, 0.3) is 5.56 Å². The summed E-state index contributed by atoms with van der Waals surface area (Å²) < 4.78 is 0. The quantitative estimate of drug-likeness (QED) is 0.736. The van der Waals surface area contributed by atoms with Crippen LogP contribution in [-0.2, 0) is 0 Å². The Morgan fingerprint density at radius 3 is 3.17 bits per heavy atom. The summed E-state index contributed by atoms with van der Waals surface area (Å²) in [7, 11) is 0. The summed E-state index contributed by atoms with van der Waals surface area (Å²) in [6.45, 7) is 4.57. The first-order valence-corrected chi connectivity index (χ1v) is 9.44. The van der Waals surface area contributed by atoms with E-state index in [1.54, 1.807) is 0 Å². The number of aliphatic imine (C=N–C) groups is 1. The number of nitrogens with one attached hydrogen (secondary N) is 1. The number of aromatic nitrogens is 2. The first-order chi connectivity index (χ1) is 11.2. The molecule has 1 aromatic heterocycles. The van der Waals surface area contributed by atoms with Crippen molar-refractivity contribution in [3.8, 4) is 0 Å². The third-order valence-corrected chi connectivity index (χ3v) is 5.74. The van der Waals surface area contributed by atoms with Crippen LogP contribution in [0.4, 0.5) is 5.69 Å². The molecule has 23 heavy (non-hydrogen) atoms. The van der Waals surface area contributed by atoms with Gasteiger partial charge in [-0.3, -0.25) is 14.7 Å². The topological polar surface area (TPSA) is 81.6 Å². The Labute approximate surface area is 140 Å². The van der Waals surface area contributed by atoms with Crippen LogP contribution in [0.2, 0.25) is 0 Å². The molecule has 0 aliphatic carbocycles. The minimum absolute atomic E-state index is 0.0472. The van der Waals surface area contributed by atoms with Crippen LogP contribution in [0.3, 0.4) is 0 Å². The van der Waals surface area contributed by atoms with Crippen LogP contribution in [0.5, 0.6) is 0 Å². The zero-order valence-corrected chi connectivity index (χ0v) is 14.3. The van der Waals surface area contributed by atoms with Crippen LogP contribution in [-0.4, -0.2) is 63.4 Å². The lowest BCUT2D eigenvalue weighted by Crippen LogP contribution is -2.28. The highest BCUT2D eigenvalue weighted by atomic mass is 32.2. The smallest absolute Gasteiger partial charge is 0.276 e. The molecule has 0 saturated carbocycles. The number of likely N-dealkylation sites (tertiary alicyclic amines) is 1. The SMILES string of the molecule is CCCCSC[C@H]1CN(CC2C=Nc3c2nc[nH]c3=O)C[C@@H]1O. The summed E-state index contributed by atoms with van der Waals surface area (Å²) >= 11 is 1.94. The van der Waals surface area contributed by atoms with Gasteiger partial charge in [0.05, 0.1) is 24.0 Å². The van der Waals surface area contributed by atoms with Gasteiger partial charge in [-0.15, -0.1) is 0 Å². The van der Waals surface area contributed by atoms with Gasteiger partial charge in [-0.25, -0.2) is 4.98 Å². The number of H-pyrrole nitrogens is 1. The molecule has 1 unspecified atom stereocenters. The predicted octanol–water partition coefficient (Wildman–Crippen LogP) is 1.40. The molecule has 0 amide bonds. The molecule has 6 nitrogen and oxygen atoms in total. The molecule has 1 saturated heterocycles. The minimum Gasteiger partial charge on any atom is -0.391 e. The molecule has 3 rings (SSSR count). The molecule has 2 N–H and O–H groups in total. The predicted molar refractivity (Wildman–Crippen MR) is 93.9 cm³/mol. The third kappa shape index (κ3) is 3.84. The minimum atomic E-state index is -0.255. The van der Waals surface area contributed by atoms with Crippen molar-refractivity contribution >= 4 is 23.7 Å². The van der Waals surface area contributed by atoms with Crippen molar-refractivity contribution in [2.45, 2.75) is 31.8 Å². The van der Waals surface area contributed by atoms with E-state index < -0.39 is 0 Å². The summed E-state index contributed by atoms with van der Waals surface area (Å²) in [4.78, 5) is 25.0. The summed E-state index contributed by atoms with van der Waals surface area (Å²) in [6.07, 6.45) is 5.46. The molecule has 3 atom stereocenters. The van der Waals surface area contributed by atoms with Crippen molar-refractivity contribution in [2.24, 2.45) is 10.9 Å². The summed E-state index contributed by atoms with van der Waals surface area (Å²) in [6, 6.07) is 0. The Morgan fingerprint density at radius 2 is 2.35 bits per heavy atom. The summed E-state index contributed by atoms with van der Waals surface area (Å²) in [5, 5.41) is 10.3. The molecule has 1 aromatic rings. The zero-order chi connectivity index (χ0) is 16.2. The molecule has 0 spiro atoms. The highest BCUT2D eigenvalue weighted by molar-refractivity contribution is 7.99. The molecule has 0 radical (unpaired) electrons. The van der Waals surface area contributed by atoms with Crippen LogP contribution in [0.1, 0.15) is 31.4 Å². The van der Waals surface area contributed by atoms with E-state index in [4.69, 9.17) is 0 Å². The maximum Gasteiger partial charge on any atom is 0.276 e. The second kappa shape index (κ2) is 7.59. The van der Waals surface area contributed by atoms with E-state index >= 15 is 0 Å². The number of unbranched alkanes of at least 4 members (excludes halogenated alkanes) is 1. The average Bonchev–Trinajstić information content (AvgIpc) is 3.09. The van der Waals surface area contributed by atoms with Gasteiger partial charge in [0.2, 0.25) is 0 Å². The Bertz CT molecular complexity index is 618. The molecule has 3 heterocycles. The number of thioether (sulfide) groups is 1. The Kier molecular flexibility index (Phi) is 5.50. The standard InChI is InChI=1S/C16H24N4O2S/c1-2-3-4-23-9-12-7-20(8-13(12)21)6-11-5-17-15-14(11)18-10-19-16(15)22/h5,10-13,21H,2-4,6-9H2,1H3,(H,18,19,22)/t11?,12-,13+/m1/s1. The lowest BCUT2D eigenvalue weighted by Gasteiger charge is -2.18. The molecule has 2 aliphatic heterocycles. The van der Waals surface area contributed by atoms with E-state index in [1.165, 1.54) is 24.9 Å². The summed E-state index contributed by atoms with van der Waals surface area (Å²) in [5.74, 6) is 2.58.